The van der Waals surface area contributed by atoms with Crippen molar-refractivity contribution in [3.8, 4) is 0 Å². The lowest BCUT2D eigenvalue weighted by atomic mass is 10.0. The second kappa shape index (κ2) is 5.66. The summed E-state index contributed by atoms with van der Waals surface area (Å²) in [5, 5.41) is 2.76. The normalized spacial score (nSPS) is 21.8. The summed E-state index contributed by atoms with van der Waals surface area (Å²) >= 11 is 0. The average molecular weight is 280 g/mol. The van der Waals surface area contributed by atoms with Crippen molar-refractivity contribution in [2.45, 2.75) is 39.2 Å². The number of rotatable bonds is 4. The molecule has 1 fully saturated rings. The highest BCUT2D eigenvalue weighted by molar-refractivity contribution is 6.04. The molecule has 2 heterocycles. The predicted octanol–water partition coefficient (Wildman–Crippen LogP) is 2.01. The molecule has 0 bridgehead atoms. The molecule has 0 aliphatic carbocycles. The maximum Gasteiger partial charge on any atom is 0.342 e. The number of aromatic amines is 1. The molecule has 6 nitrogen and oxygen atoms in total. The van der Waals surface area contributed by atoms with Crippen LogP contribution < -0.4 is 5.32 Å². The number of esters is 1. The molecule has 20 heavy (non-hydrogen) atoms. The lowest BCUT2D eigenvalue weighted by Gasteiger charge is -2.21. The minimum absolute atomic E-state index is 0.237. The summed E-state index contributed by atoms with van der Waals surface area (Å²) in [5.41, 5.74) is 0.637. The number of carbonyl (C=O) groups excluding carboxylic acids is 2. The van der Waals surface area contributed by atoms with Crippen molar-refractivity contribution in [3.05, 3.63) is 17.5 Å². The van der Waals surface area contributed by atoms with Crippen LogP contribution >= 0.6 is 0 Å². The van der Waals surface area contributed by atoms with Gasteiger partial charge in [0.1, 0.15) is 11.2 Å². The monoisotopic (exact) mass is 280 g/mol. The van der Waals surface area contributed by atoms with E-state index in [4.69, 9.17) is 9.47 Å². The van der Waals surface area contributed by atoms with Crippen molar-refractivity contribution in [2.75, 3.05) is 18.5 Å². The second-order valence-electron chi connectivity index (χ2n) is 5.06. The Morgan fingerprint density at radius 2 is 2.30 bits per heavy atom. The Morgan fingerprint density at radius 1 is 1.55 bits per heavy atom. The van der Waals surface area contributed by atoms with Crippen LogP contribution in [-0.4, -0.2) is 35.7 Å². The number of amides is 1. The molecule has 1 saturated heterocycles. The smallest absolute Gasteiger partial charge is 0.342 e. The Balaban J connectivity index is 2.17. The van der Waals surface area contributed by atoms with E-state index in [1.54, 1.807) is 27.0 Å². The summed E-state index contributed by atoms with van der Waals surface area (Å²) in [6.45, 7) is 6.14. The fraction of sp³-hybridized carbons (Fsp3) is 0.571. The zero-order valence-electron chi connectivity index (χ0n) is 12.0. The van der Waals surface area contributed by atoms with E-state index in [0.717, 1.165) is 6.42 Å². The largest absolute Gasteiger partial charge is 0.462 e. The molecule has 1 unspecified atom stereocenters. The molecule has 1 aromatic heterocycles. The van der Waals surface area contributed by atoms with Gasteiger partial charge in [-0.1, -0.05) is 0 Å². The van der Waals surface area contributed by atoms with Gasteiger partial charge in [0, 0.05) is 18.5 Å². The number of carbonyl (C=O) groups is 2. The standard InChI is InChI=1S/C14H20N2O4/c1-4-19-12(17)11-9(2)15-8-10(11)16-13(18)14(3)6-5-7-20-14/h8,15H,4-7H2,1-3H3,(H,16,18). The Kier molecular flexibility index (Phi) is 4.13. The maximum atomic E-state index is 12.3. The third kappa shape index (κ3) is 2.70. The summed E-state index contributed by atoms with van der Waals surface area (Å²) in [6.07, 6.45) is 3.13. The number of H-pyrrole nitrogens is 1. The van der Waals surface area contributed by atoms with Crippen LogP contribution in [0.4, 0.5) is 5.69 Å². The Labute approximate surface area is 117 Å². The molecule has 0 saturated carbocycles. The van der Waals surface area contributed by atoms with Gasteiger partial charge in [-0.15, -0.1) is 0 Å². The van der Waals surface area contributed by atoms with Crippen molar-refractivity contribution in [2.24, 2.45) is 0 Å². The van der Waals surface area contributed by atoms with Crippen LogP contribution in [0.1, 0.15) is 42.7 Å². The summed E-state index contributed by atoms with van der Waals surface area (Å²) in [6, 6.07) is 0. The van der Waals surface area contributed by atoms with Gasteiger partial charge in [0.2, 0.25) is 0 Å². The fourth-order valence-electron chi connectivity index (χ4n) is 2.30. The van der Waals surface area contributed by atoms with Crippen molar-refractivity contribution >= 4 is 17.6 Å². The van der Waals surface area contributed by atoms with Crippen molar-refractivity contribution < 1.29 is 19.1 Å². The number of hydrogen-bond donors (Lipinski definition) is 2. The summed E-state index contributed by atoms with van der Waals surface area (Å²) < 4.78 is 10.5. The number of aromatic nitrogens is 1. The lowest BCUT2D eigenvalue weighted by molar-refractivity contribution is -0.133. The van der Waals surface area contributed by atoms with E-state index >= 15 is 0 Å². The molecule has 0 radical (unpaired) electrons. The number of anilines is 1. The van der Waals surface area contributed by atoms with Crippen molar-refractivity contribution in [1.29, 1.82) is 0 Å². The van der Waals surface area contributed by atoms with Gasteiger partial charge >= 0.3 is 5.97 Å². The van der Waals surface area contributed by atoms with E-state index in [1.165, 1.54) is 0 Å². The molecular formula is C14H20N2O4. The van der Waals surface area contributed by atoms with Crippen LogP contribution in [0, 0.1) is 6.92 Å². The van der Waals surface area contributed by atoms with Gasteiger partial charge in [-0.3, -0.25) is 4.79 Å². The SMILES string of the molecule is CCOC(=O)c1c(NC(=O)C2(C)CCCO2)c[nH]c1C. The molecule has 110 valence electrons. The van der Waals surface area contributed by atoms with Gasteiger partial charge in [-0.2, -0.15) is 0 Å². The average Bonchev–Trinajstić information content (AvgIpc) is 2.98. The van der Waals surface area contributed by atoms with Crippen LogP contribution in [0.5, 0.6) is 0 Å². The first-order valence-corrected chi connectivity index (χ1v) is 6.78. The van der Waals surface area contributed by atoms with Gasteiger partial charge in [0.25, 0.3) is 5.91 Å². The molecule has 2 rings (SSSR count). The molecule has 1 atom stereocenters. The highest BCUT2D eigenvalue weighted by Gasteiger charge is 2.38. The van der Waals surface area contributed by atoms with Gasteiger partial charge in [-0.25, -0.2) is 4.79 Å². The van der Waals surface area contributed by atoms with E-state index in [2.05, 4.69) is 10.3 Å². The van der Waals surface area contributed by atoms with Crippen LogP contribution in [-0.2, 0) is 14.3 Å². The number of aryl methyl sites for hydroxylation is 1. The zero-order valence-corrected chi connectivity index (χ0v) is 12.0. The van der Waals surface area contributed by atoms with Crippen LogP contribution in [0.15, 0.2) is 6.20 Å². The van der Waals surface area contributed by atoms with Gasteiger partial charge in [0.15, 0.2) is 0 Å². The Morgan fingerprint density at radius 3 is 2.90 bits per heavy atom. The first-order valence-electron chi connectivity index (χ1n) is 6.78. The molecule has 1 aliphatic rings. The minimum atomic E-state index is -0.822. The number of ether oxygens (including phenoxy) is 2. The van der Waals surface area contributed by atoms with Crippen LogP contribution in [0.25, 0.3) is 0 Å². The highest BCUT2D eigenvalue weighted by atomic mass is 16.5. The quantitative estimate of drug-likeness (QED) is 0.827. The van der Waals surface area contributed by atoms with E-state index < -0.39 is 11.6 Å². The molecule has 1 aromatic rings. The summed E-state index contributed by atoms with van der Waals surface area (Å²) in [5.74, 6) is -0.682. The summed E-state index contributed by atoms with van der Waals surface area (Å²) in [4.78, 5) is 27.1. The molecular weight excluding hydrogens is 260 g/mol. The number of hydrogen-bond acceptors (Lipinski definition) is 4. The van der Waals surface area contributed by atoms with E-state index in [1.807, 2.05) is 0 Å². The molecule has 1 aliphatic heterocycles. The molecule has 0 aromatic carbocycles. The molecule has 2 N–H and O–H groups in total. The maximum absolute atomic E-state index is 12.3. The molecule has 6 heteroatoms. The summed E-state index contributed by atoms with van der Waals surface area (Å²) in [7, 11) is 0. The van der Waals surface area contributed by atoms with Crippen molar-refractivity contribution in [3.63, 3.8) is 0 Å². The van der Waals surface area contributed by atoms with Crippen LogP contribution in [0.3, 0.4) is 0 Å². The minimum Gasteiger partial charge on any atom is -0.462 e. The Hall–Kier alpha value is -1.82. The first kappa shape index (κ1) is 14.6. The fourth-order valence-corrected chi connectivity index (χ4v) is 2.30. The third-order valence-corrected chi connectivity index (χ3v) is 3.50. The van der Waals surface area contributed by atoms with Gasteiger partial charge in [-0.05, 0) is 33.6 Å². The van der Waals surface area contributed by atoms with E-state index in [0.29, 0.717) is 30.0 Å². The predicted molar refractivity (Wildman–Crippen MR) is 73.7 cm³/mol. The first-order chi connectivity index (χ1) is 9.48. The van der Waals surface area contributed by atoms with Gasteiger partial charge in [0.05, 0.1) is 12.3 Å². The topological polar surface area (TPSA) is 80.4 Å². The second-order valence-corrected chi connectivity index (χ2v) is 5.06. The zero-order chi connectivity index (χ0) is 14.8. The molecule has 1 amide bonds. The van der Waals surface area contributed by atoms with Crippen molar-refractivity contribution in [1.82, 2.24) is 4.98 Å². The Bertz CT molecular complexity index is 515. The van der Waals surface area contributed by atoms with E-state index in [-0.39, 0.29) is 12.5 Å². The number of nitrogens with one attached hydrogen (secondary N) is 2. The highest BCUT2D eigenvalue weighted by Crippen LogP contribution is 2.28. The van der Waals surface area contributed by atoms with Gasteiger partial charge < -0.3 is 19.8 Å². The lowest BCUT2D eigenvalue weighted by Crippen LogP contribution is -2.39. The van der Waals surface area contributed by atoms with Crippen LogP contribution in [0.2, 0.25) is 0 Å². The molecule has 0 spiro atoms. The van der Waals surface area contributed by atoms with E-state index in [9.17, 15) is 9.59 Å². The third-order valence-electron chi connectivity index (χ3n) is 3.50.